The number of hydrogen-bond acceptors (Lipinski definition) is 3. The molecule has 2 unspecified atom stereocenters. The van der Waals surface area contributed by atoms with Crippen LogP contribution in [0.15, 0.2) is 4.99 Å². The molecule has 1 aliphatic heterocycles. The van der Waals surface area contributed by atoms with Crippen LogP contribution >= 0.6 is 24.0 Å². The third-order valence-electron chi connectivity index (χ3n) is 4.78. The van der Waals surface area contributed by atoms with Crippen molar-refractivity contribution in [1.29, 1.82) is 0 Å². The van der Waals surface area contributed by atoms with Gasteiger partial charge in [-0.3, -0.25) is 4.99 Å². The van der Waals surface area contributed by atoms with Crippen molar-refractivity contribution in [3.8, 4) is 0 Å². The van der Waals surface area contributed by atoms with Crippen LogP contribution in [0.5, 0.6) is 0 Å². The van der Waals surface area contributed by atoms with Crippen molar-refractivity contribution in [3.63, 3.8) is 0 Å². The summed E-state index contributed by atoms with van der Waals surface area (Å²) in [5, 5.41) is 6.97. The summed E-state index contributed by atoms with van der Waals surface area (Å²) in [7, 11) is 2.21. The Morgan fingerprint density at radius 1 is 1.12 bits per heavy atom. The van der Waals surface area contributed by atoms with Crippen LogP contribution in [0.1, 0.15) is 54.4 Å². The highest BCUT2D eigenvalue weighted by atomic mass is 127. The van der Waals surface area contributed by atoms with Crippen molar-refractivity contribution in [1.82, 2.24) is 20.4 Å². The number of guanidine groups is 1. The molecule has 0 aromatic heterocycles. The minimum atomic E-state index is 0. The Bertz CT molecular complexity index is 386. The molecule has 26 heavy (non-hydrogen) atoms. The third-order valence-corrected chi connectivity index (χ3v) is 4.78. The minimum absolute atomic E-state index is 0. The molecule has 2 atom stereocenters. The van der Waals surface area contributed by atoms with Gasteiger partial charge in [0.1, 0.15) is 0 Å². The molecule has 156 valence electrons. The third kappa shape index (κ3) is 12.3. The number of rotatable bonds is 8. The number of nitrogens with zero attached hydrogens (tertiary/aromatic N) is 3. The fraction of sp³-hybridized carbons (Fsp3) is 0.950. The number of piperazine rings is 1. The Labute approximate surface area is 179 Å². The van der Waals surface area contributed by atoms with Crippen LogP contribution in [-0.4, -0.2) is 74.7 Å². The molecule has 1 fully saturated rings. The van der Waals surface area contributed by atoms with E-state index >= 15 is 0 Å². The lowest BCUT2D eigenvalue weighted by atomic mass is 9.89. The van der Waals surface area contributed by atoms with E-state index in [1.165, 1.54) is 39.0 Å². The molecule has 1 rings (SSSR count). The normalized spacial score (nSPS) is 19.6. The van der Waals surface area contributed by atoms with E-state index in [1.807, 2.05) is 0 Å². The summed E-state index contributed by atoms with van der Waals surface area (Å²) in [5.41, 5.74) is 0.391. The van der Waals surface area contributed by atoms with E-state index in [2.05, 4.69) is 69.0 Å². The first-order valence-electron chi connectivity index (χ1n) is 10.2. The number of aliphatic imine (C=N–C) groups is 1. The molecular formula is C20H44IN5. The van der Waals surface area contributed by atoms with Gasteiger partial charge in [-0.25, -0.2) is 0 Å². The van der Waals surface area contributed by atoms with E-state index < -0.39 is 0 Å². The Morgan fingerprint density at radius 2 is 1.73 bits per heavy atom. The Balaban J connectivity index is 0.00000625. The zero-order valence-electron chi connectivity index (χ0n) is 18.3. The van der Waals surface area contributed by atoms with Gasteiger partial charge in [0.15, 0.2) is 5.96 Å². The first kappa shape index (κ1) is 25.9. The van der Waals surface area contributed by atoms with Gasteiger partial charge < -0.3 is 20.4 Å². The molecule has 6 heteroatoms. The maximum Gasteiger partial charge on any atom is 0.191 e. The Kier molecular flexibility index (Phi) is 13.1. The molecule has 0 aromatic rings. The first-order valence-corrected chi connectivity index (χ1v) is 10.2. The fourth-order valence-electron chi connectivity index (χ4n) is 3.05. The van der Waals surface area contributed by atoms with Crippen LogP contribution < -0.4 is 10.6 Å². The topological polar surface area (TPSA) is 42.9 Å². The second-order valence-corrected chi connectivity index (χ2v) is 9.07. The van der Waals surface area contributed by atoms with Gasteiger partial charge in [0, 0.05) is 51.9 Å². The Morgan fingerprint density at radius 3 is 2.27 bits per heavy atom. The van der Waals surface area contributed by atoms with E-state index in [4.69, 9.17) is 4.99 Å². The predicted octanol–water partition coefficient (Wildman–Crippen LogP) is 3.26. The highest BCUT2D eigenvalue weighted by molar-refractivity contribution is 14.0. The summed E-state index contributed by atoms with van der Waals surface area (Å²) in [5.74, 6) is 1.55. The summed E-state index contributed by atoms with van der Waals surface area (Å²) in [6, 6.07) is 0.449. The maximum absolute atomic E-state index is 4.84. The first-order chi connectivity index (χ1) is 11.7. The average molecular weight is 482 g/mol. The van der Waals surface area contributed by atoms with Crippen LogP contribution in [0.25, 0.3) is 0 Å². The smallest absolute Gasteiger partial charge is 0.191 e. The number of likely N-dealkylation sites (N-methyl/N-ethyl adjacent to an activating group) is 1. The van der Waals surface area contributed by atoms with Gasteiger partial charge in [0.25, 0.3) is 0 Å². The van der Waals surface area contributed by atoms with E-state index in [0.29, 0.717) is 17.4 Å². The van der Waals surface area contributed by atoms with Crippen LogP contribution in [0, 0.1) is 11.3 Å². The number of hydrogen-bond donors (Lipinski definition) is 2. The molecule has 0 aliphatic carbocycles. The van der Waals surface area contributed by atoms with Crippen molar-refractivity contribution in [2.24, 2.45) is 16.3 Å². The molecule has 1 heterocycles. The second-order valence-electron chi connectivity index (χ2n) is 9.07. The van der Waals surface area contributed by atoms with E-state index in [0.717, 1.165) is 25.6 Å². The Hall–Kier alpha value is -0.0800. The van der Waals surface area contributed by atoms with Crippen molar-refractivity contribution in [2.45, 2.75) is 60.4 Å². The summed E-state index contributed by atoms with van der Waals surface area (Å²) < 4.78 is 0. The lowest BCUT2D eigenvalue weighted by Gasteiger charge is -2.33. The molecule has 0 saturated carbocycles. The molecule has 0 amide bonds. The van der Waals surface area contributed by atoms with Gasteiger partial charge in [0.2, 0.25) is 0 Å². The van der Waals surface area contributed by atoms with Gasteiger partial charge in [0.05, 0.1) is 0 Å². The number of halogens is 1. The molecule has 0 bridgehead atoms. The molecule has 5 nitrogen and oxygen atoms in total. The summed E-state index contributed by atoms with van der Waals surface area (Å²) in [4.78, 5) is 9.82. The van der Waals surface area contributed by atoms with Crippen molar-refractivity contribution >= 4 is 29.9 Å². The maximum atomic E-state index is 4.84. The van der Waals surface area contributed by atoms with Crippen LogP contribution in [0.3, 0.4) is 0 Å². The van der Waals surface area contributed by atoms with Gasteiger partial charge in [-0.05, 0) is 45.1 Å². The molecule has 0 radical (unpaired) electrons. The van der Waals surface area contributed by atoms with Gasteiger partial charge in [-0.1, -0.05) is 27.7 Å². The minimum Gasteiger partial charge on any atom is -0.357 e. The lowest BCUT2D eigenvalue weighted by Crippen LogP contribution is -2.46. The fourth-order valence-corrected chi connectivity index (χ4v) is 3.05. The summed E-state index contributed by atoms with van der Waals surface area (Å²) >= 11 is 0. The van der Waals surface area contributed by atoms with Crippen molar-refractivity contribution in [3.05, 3.63) is 0 Å². The second kappa shape index (κ2) is 13.2. The van der Waals surface area contributed by atoms with Crippen LogP contribution in [0.4, 0.5) is 0 Å². The van der Waals surface area contributed by atoms with Crippen molar-refractivity contribution < 1.29 is 0 Å². The van der Waals surface area contributed by atoms with E-state index in [9.17, 15) is 0 Å². The zero-order valence-corrected chi connectivity index (χ0v) is 20.6. The standard InChI is InChI=1S/C20H43N5.HI/c1-8-21-19(23-18(3)9-10-20(4,5)6)22-15-17(2)16-25-13-11-24(7)12-14-25;/h17-18H,8-16H2,1-7H3,(H2,21,22,23);1H. The van der Waals surface area contributed by atoms with Crippen molar-refractivity contribution in [2.75, 3.05) is 52.9 Å². The predicted molar refractivity (Wildman–Crippen MR) is 126 cm³/mol. The quantitative estimate of drug-likeness (QED) is 0.317. The summed E-state index contributed by atoms with van der Waals surface area (Å²) in [6.07, 6.45) is 2.39. The molecule has 1 aliphatic rings. The molecule has 2 N–H and O–H groups in total. The van der Waals surface area contributed by atoms with Gasteiger partial charge >= 0.3 is 0 Å². The molecule has 1 saturated heterocycles. The average Bonchev–Trinajstić information content (AvgIpc) is 2.52. The monoisotopic (exact) mass is 481 g/mol. The lowest BCUT2D eigenvalue weighted by molar-refractivity contribution is 0.140. The largest absolute Gasteiger partial charge is 0.357 e. The highest BCUT2D eigenvalue weighted by Gasteiger charge is 2.16. The van der Waals surface area contributed by atoms with E-state index in [1.54, 1.807) is 0 Å². The molecule has 0 aromatic carbocycles. The molecule has 0 spiro atoms. The van der Waals surface area contributed by atoms with E-state index in [-0.39, 0.29) is 24.0 Å². The molecular weight excluding hydrogens is 437 g/mol. The number of nitrogens with one attached hydrogen (secondary N) is 2. The summed E-state index contributed by atoms with van der Waals surface area (Å²) in [6.45, 7) is 21.3. The van der Waals surface area contributed by atoms with Crippen LogP contribution in [-0.2, 0) is 0 Å². The SMILES string of the molecule is CCNC(=NCC(C)CN1CCN(C)CC1)NC(C)CCC(C)(C)C.I. The van der Waals surface area contributed by atoms with Gasteiger partial charge in [-0.2, -0.15) is 0 Å². The van der Waals surface area contributed by atoms with Gasteiger partial charge in [-0.15, -0.1) is 24.0 Å². The zero-order chi connectivity index (χ0) is 18.9. The highest BCUT2D eigenvalue weighted by Crippen LogP contribution is 2.21. The van der Waals surface area contributed by atoms with Crippen LogP contribution in [0.2, 0.25) is 0 Å².